The SMILES string of the molecule is O=C(C=Cc1ccccc1)OCCCCCCCCCCCBr. The number of hydrogen-bond donors (Lipinski definition) is 0. The number of carbonyl (C=O) groups is 1. The van der Waals surface area contributed by atoms with Gasteiger partial charge >= 0.3 is 5.97 Å². The summed E-state index contributed by atoms with van der Waals surface area (Å²) in [6.45, 7) is 0.531. The first kappa shape index (κ1) is 20.0. The monoisotopic (exact) mass is 380 g/mol. The summed E-state index contributed by atoms with van der Waals surface area (Å²) >= 11 is 3.46. The van der Waals surface area contributed by atoms with E-state index in [-0.39, 0.29) is 5.97 Å². The van der Waals surface area contributed by atoms with E-state index in [1.807, 2.05) is 30.3 Å². The Labute approximate surface area is 149 Å². The normalized spacial score (nSPS) is 11.0. The lowest BCUT2D eigenvalue weighted by Crippen LogP contribution is -2.02. The van der Waals surface area contributed by atoms with Gasteiger partial charge in [0.05, 0.1) is 6.61 Å². The molecule has 0 aliphatic heterocycles. The number of halogens is 1. The second kappa shape index (κ2) is 14.5. The Morgan fingerprint density at radius 3 is 2.04 bits per heavy atom. The maximum absolute atomic E-state index is 11.6. The Bertz CT molecular complexity index is 429. The van der Waals surface area contributed by atoms with Crippen LogP contribution in [0.2, 0.25) is 0 Å². The number of ether oxygens (including phenoxy) is 1. The predicted octanol–water partition coefficient (Wildman–Crippen LogP) is 6.15. The van der Waals surface area contributed by atoms with Gasteiger partial charge in [0, 0.05) is 11.4 Å². The summed E-state index contributed by atoms with van der Waals surface area (Å²) < 4.78 is 5.21. The van der Waals surface area contributed by atoms with Gasteiger partial charge in [0.1, 0.15) is 0 Å². The number of benzene rings is 1. The summed E-state index contributed by atoms with van der Waals surface area (Å²) in [5, 5.41) is 1.13. The molecule has 0 spiro atoms. The Hall–Kier alpha value is -1.09. The number of carbonyl (C=O) groups excluding carboxylic acids is 1. The molecule has 0 radical (unpaired) electrons. The third-order valence-electron chi connectivity index (χ3n) is 3.73. The van der Waals surface area contributed by atoms with E-state index in [1.165, 1.54) is 51.0 Å². The molecule has 0 aliphatic rings. The van der Waals surface area contributed by atoms with Crippen molar-refractivity contribution in [3.8, 4) is 0 Å². The first-order chi connectivity index (χ1) is 11.3. The first-order valence-electron chi connectivity index (χ1n) is 8.79. The highest BCUT2D eigenvalue weighted by molar-refractivity contribution is 9.09. The van der Waals surface area contributed by atoms with Crippen molar-refractivity contribution in [1.29, 1.82) is 0 Å². The minimum Gasteiger partial charge on any atom is -0.463 e. The third-order valence-corrected chi connectivity index (χ3v) is 4.29. The fourth-order valence-corrected chi connectivity index (χ4v) is 2.78. The van der Waals surface area contributed by atoms with E-state index < -0.39 is 0 Å². The lowest BCUT2D eigenvalue weighted by molar-refractivity contribution is -0.137. The van der Waals surface area contributed by atoms with Gasteiger partial charge in [-0.05, 0) is 24.5 Å². The van der Waals surface area contributed by atoms with Crippen molar-refractivity contribution in [3.05, 3.63) is 42.0 Å². The number of rotatable bonds is 13. The van der Waals surface area contributed by atoms with E-state index in [4.69, 9.17) is 4.74 Å². The Morgan fingerprint density at radius 1 is 0.870 bits per heavy atom. The summed E-state index contributed by atoms with van der Waals surface area (Å²) in [4.78, 5) is 11.6. The van der Waals surface area contributed by atoms with Crippen LogP contribution < -0.4 is 0 Å². The summed E-state index contributed by atoms with van der Waals surface area (Å²) in [5.74, 6) is -0.249. The highest BCUT2D eigenvalue weighted by Crippen LogP contribution is 2.10. The molecule has 0 unspecified atom stereocenters. The summed E-state index contributed by atoms with van der Waals surface area (Å²) in [6, 6.07) is 9.78. The van der Waals surface area contributed by atoms with E-state index in [1.54, 1.807) is 6.08 Å². The van der Waals surface area contributed by atoms with E-state index >= 15 is 0 Å². The molecule has 0 atom stereocenters. The van der Waals surface area contributed by atoms with Crippen LogP contribution in [0.4, 0.5) is 0 Å². The van der Waals surface area contributed by atoms with Gasteiger partial charge in [-0.3, -0.25) is 0 Å². The molecular formula is C20H29BrO2. The zero-order valence-electron chi connectivity index (χ0n) is 14.0. The highest BCUT2D eigenvalue weighted by Gasteiger charge is 1.97. The smallest absolute Gasteiger partial charge is 0.330 e. The summed E-state index contributed by atoms with van der Waals surface area (Å²) in [7, 11) is 0. The highest BCUT2D eigenvalue weighted by atomic mass is 79.9. The number of hydrogen-bond acceptors (Lipinski definition) is 2. The molecule has 3 heteroatoms. The second-order valence-corrected chi connectivity index (χ2v) is 6.58. The lowest BCUT2D eigenvalue weighted by Gasteiger charge is -2.03. The largest absolute Gasteiger partial charge is 0.463 e. The molecule has 2 nitrogen and oxygen atoms in total. The number of alkyl halides is 1. The molecule has 1 aromatic carbocycles. The predicted molar refractivity (Wildman–Crippen MR) is 102 cm³/mol. The van der Waals surface area contributed by atoms with Crippen LogP contribution >= 0.6 is 15.9 Å². The fourth-order valence-electron chi connectivity index (χ4n) is 2.38. The topological polar surface area (TPSA) is 26.3 Å². The number of unbranched alkanes of at least 4 members (excludes halogenated alkanes) is 8. The maximum Gasteiger partial charge on any atom is 0.330 e. The molecule has 0 saturated carbocycles. The molecule has 0 saturated heterocycles. The van der Waals surface area contributed by atoms with E-state index in [0.717, 1.165) is 23.7 Å². The second-order valence-electron chi connectivity index (χ2n) is 5.78. The van der Waals surface area contributed by atoms with Crippen molar-refractivity contribution in [2.45, 2.75) is 57.8 Å². The zero-order valence-corrected chi connectivity index (χ0v) is 15.6. The van der Waals surface area contributed by atoms with Crippen LogP contribution in [-0.2, 0) is 9.53 Å². The van der Waals surface area contributed by atoms with Crippen LogP contribution in [0, 0.1) is 0 Å². The van der Waals surface area contributed by atoms with Gasteiger partial charge in [0.2, 0.25) is 0 Å². The van der Waals surface area contributed by atoms with E-state index in [9.17, 15) is 4.79 Å². The fraction of sp³-hybridized carbons (Fsp3) is 0.550. The van der Waals surface area contributed by atoms with Gasteiger partial charge in [-0.2, -0.15) is 0 Å². The molecule has 23 heavy (non-hydrogen) atoms. The number of esters is 1. The Morgan fingerprint density at radius 2 is 1.43 bits per heavy atom. The molecule has 128 valence electrons. The Kier molecular flexibility index (Phi) is 12.6. The maximum atomic E-state index is 11.6. The van der Waals surface area contributed by atoms with Crippen LogP contribution in [0.1, 0.15) is 63.4 Å². The van der Waals surface area contributed by atoms with Gasteiger partial charge in [-0.25, -0.2) is 4.79 Å². The average molecular weight is 381 g/mol. The molecule has 0 N–H and O–H groups in total. The van der Waals surface area contributed by atoms with Crippen LogP contribution in [-0.4, -0.2) is 17.9 Å². The van der Waals surface area contributed by atoms with Crippen molar-refractivity contribution < 1.29 is 9.53 Å². The zero-order chi connectivity index (χ0) is 16.6. The van der Waals surface area contributed by atoms with Crippen molar-refractivity contribution >= 4 is 28.0 Å². The van der Waals surface area contributed by atoms with Crippen molar-refractivity contribution in [2.75, 3.05) is 11.9 Å². The van der Waals surface area contributed by atoms with Gasteiger partial charge in [0.15, 0.2) is 0 Å². The van der Waals surface area contributed by atoms with Crippen molar-refractivity contribution in [2.24, 2.45) is 0 Å². The van der Waals surface area contributed by atoms with E-state index in [2.05, 4.69) is 15.9 Å². The molecule has 0 aliphatic carbocycles. The van der Waals surface area contributed by atoms with Gasteiger partial charge in [-0.15, -0.1) is 0 Å². The Balaban J connectivity index is 1.91. The molecule has 1 aromatic rings. The minimum absolute atomic E-state index is 0.249. The quantitative estimate of drug-likeness (QED) is 0.177. The molecule has 1 rings (SSSR count). The van der Waals surface area contributed by atoms with Gasteiger partial charge in [-0.1, -0.05) is 91.2 Å². The van der Waals surface area contributed by atoms with Gasteiger partial charge < -0.3 is 4.74 Å². The van der Waals surface area contributed by atoms with Crippen LogP contribution in [0.15, 0.2) is 36.4 Å². The molecule has 0 amide bonds. The summed E-state index contributed by atoms with van der Waals surface area (Å²) in [5.41, 5.74) is 1.01. The molecule has 0 bridgehead atoms. The van der Waals surface area contributed by atoms with E-state index in [0.29, 0.717) is 6.61 Å². The van der Waals surface area contributed by atoms with Crippen LogP contribution in [0.5, 0.6) is 0 Å². The third kappa shape index (κ3) is 12.1. The molecule has 0 fully saturated rings. The van der Waals surface area contributed by atoms with Crippen molar-refractivity contribution in [3.63, 3.8) is 0 Å². The lowest BCUT2D eigenvalue weighted by atomic mass is 10.1. The molecule has 0 heterocycles. The molecular weight excluding hydrogens is 352 g/mol. The molecule has 0 aromatic heterocycles. The average Bonchev–Trinajstić information content (AvgIpc) is 2.59. The van der Waals surface area contributed by atoms with Gasteiger partial charge in [0.25, 0.3) is 0 Å². The standard InChI is InChI=1S/C20H29BrO2/c21-17-11-6-4-2-1-3-5-7-12-18-23-20(22)16-15-19-13-9-8-10-14-19/h8-10,13-16H,1-7,11-12,17-18H2. The first-order valence-corrected chi connectivity index (χ1v) is 9.91. The summed E-state index contributed by atoms with van der Waals surface area (Å²) in [6.07, 6.45) is 14.6. The van der Waals surface area contributed by atoms with Crippen LogP contribution in [0.25, 0.3) is 6.08 Å². The van der Waals surface area contributed by atoms with Crippen molar-refractivity contribution in [1.82, 2.24) is 0 Å². The van der Waals surface area contributed by atoms with Crippen LogP contribution in [0.3, 0.4) is 0 Å². The minimum atomic E-state index is -0.249.